The van der Waals surface area contributed by atoms with Crippen molar-refractivity contribution in [1.29, 1.82) is 0 Å². The first-order chi connectivity index (χ1) is 19.4. The van der Waals surface area contributed by atoms with E-state index in [1.165, 1.54) is 5.56 Å². The van der Waals surface area contributed by atoms with Crippen LogP contribution >= 0.6 is 0 Å². The number of para-hydroxylation sites is 2. The summed E-state index contributed by atoms with van der Waals surface area (Å²) in [5.74, 6) is 1.69. The quantitative estimate of drug-likeness (QED) is 0.178. The van der Waals surface area contributed by atoms with Crippen LogP contribution in [0.4, 0.5) is 17.1 Å². The molecular formula is C33H27N6OPt-3. The van der Waals surface area contributed by atoms with Gasteiger partial charge in [0.2, 0.25) is 0 Å². The van der Waals surface area contributed by atoms with E-state index in [0.29, 0.717) is 11.6 Å². The maximum atomic E-state index is 6.24. The second kappa shape index (κ2) is 10.3. The molecule has 0 fully saturated rings. The third-order valence-corrected chi connectivity index (χ3v) is 7.19. The van der Waals surface area contributed by atoms with Crippen molar-refractivity contribution < 1.29 is 25.8 Å². The van der Waals surface area contributed by atoms with Crippen molar-refractivity contribution in [2.45, 2.75) is 26.2 Å². The number of rotatable bonds is 4. The van der Waals surface area contributed by atoms with Crippen LogP contribution in [0.15, 0.2) is 85.3 Å². The number of nitrogens with zero attached hydrogens (tertiary/aromatic N) is 6. The molecule has 0 atom stereocenters. The van der Waals surface area contributed by atoms with Gasteiger partial charge in [0.25, 0.3) is 0 Å². The summed E-state index contributed by atoms with van der Waals surface area (Å²) in [6, 6.07) is 29.1. The van der Waals surface area contributed by atoms with Crippen molar-refractivity contribution in [3.05, 3.63) is 110 Å². The van der Waals surface area contributed by atoms with Gasteiger partial charge in [0.15, 0.2) is 0 Å². The summed E-state index contributed by atoms with van der Waals surface area (Å²) in [5, 5.41) is 2.05. The topological polar surface area (TPSA) is 59.3 Å². The fourth-order valence-corrected chi connectivity index (χ4v) is 5.15. The smallest absolute Gasteiger partial charge is 0.137 e. The van der Waals surface area contributed by atoms with Gasteiger partial charge in [-0.25, -0.2) is 9.97 Å². The van der Waals surface area contributed by atoms with Crippen LogP contribution in [-0.2, 0) is 26.5 Å². The molecule has 8 heteroatoms. The maximum Gasteiger partial charge on any atom is 0.137 e. The first kappa shape index (κ1) is 27.0. The van der Waals surface area contributed by atoms with Crippen molar-refractivity contribution >= 4 is 39.0 Å². The second-order valence-corrected chi connectivity index (χ2v) is 10.9. The average Bonchev–Trinajstić information content (AvgIpc) is 3.47. The summed E-state index contributed by atoms with van der Waals surface area (Å²) in [4.78, 5) is 18.0. The van der Waals surface area contributed by atoms with Crippen molar-refractivity contribution in [2.24, 2.45) is 0 Å². The first-order valence-electron chi connectivity index (χ1n) is 13.2. The van der Waals surface area contributed by atoms with Gasteiger partial charge in [-0.2, -0.15) is 30.6 Å². The molecule has 0 amide bonds. The normalized spacial score (nSPS) is 13.0. The molecule has 0 radical (unpaired) electrons. The molecule has 6 aromatic rings. The number of hydrogen-bond acceptors (Lipinski definition) is 6. The van der Waals surface area contributed by atoms with Gasteiger partial charge in [0.1, 0.15) is 17.3 Å². The minimum atomic E-state index is -0.0174. The predicted octanol–water partition coefficient (Wildman–Crippen LogP) is 7.36. The maximum absolute atomic E-state index is 6.24. The molecule has 7 nitrogen and oxygen atoms in total. The van der Waals surface area contributed by atoms with Crippen LogP contribution in [0, 0.1) is 18.8 Å². The molecule has 4 aromatic heterocycles. The van der Waals surface area contributed by atoms with Gasteiger partial charge < -0.3 is 19.1 Å². The number of pyridine rings is 3. The Hall–Kier alpha value is -4.22. The summed E-state index contributed by atoms with van der Waals surface area (Å²) in [6.45, 7) is 8.62. The van der Waals surface area contributed by atoms with E-state index in [4.69, 9.17) is 14.7 Å². The molecule has 0 N–H and O–H groups in total. The Kier molecular flexibility index (Phi) is 6.78. The number of aromatic nitrogens is 4. The fourth-order valence-electron chi connectivity index (χ4n) is 5.15. The molecular weight excluding hydrogens is 691 g/mol. The van der Waals surface area contributed by atoms with Crippen LogP contribution in [0.2, 0.25) is 0 Å². The number of ether oxygens (including phenoxy) is 1. The number of fused-ring (bicyclic) bond motifs is 4. The average molecular weight is 719 g/mol. The van der Waals surface area contributed by atoms with Crippen LogP contribution in [0.25, 0.3) is 27.8 Å². The van der Waals surface area contributed by atoms with Crippen molar-refractivity contribution in [3.8, 4) is 17.4 Å². The monoisotopic (exact) mass is 718 g/mol. The van der Waals surface area contributed by atoms with Gasteiger partial charge in [0.05, 0.1) is 0 Å². The van der Waals surface area contributed by atoms with Gasteiger partial charge >= 0.3 is 0 Å². The predicted molar refractivity (Wildman–Crippen MR) is 158 cm³/mol. The number of benzene rings is 2. The molecule has 0 saturated carbocycles. The van der Waals surface area contributed by atoms with Crippen LogP contribution in [-0.4, -0.2) is 26.6 Å². The fraction of sp³-hybridized carbons (Fsp3) is 0.152. The zero-order valence-electron chi connectivity index (χ0n) is 23.1. The zero-order valence-corrected chi connectivity index (χ0v) is 25.3. The Balaban J connectivity index is 0.00000302. The molecule has 5 heterocycles. The molecule has 0 unspecified atom stereocenters. The minimum Gasteiger partial charge on any atom is -0.504 e. The molecule has 0 aliphatic carbocycles. The summed E-state index contributed by atoms with van der Waals surface area (Å²) < 4.78 is 8.28. The zero-order chi connectivity index (χ0) is 27.4. The van der Waals surface area contributed by atoms with E-state index in [0.717, 1.165) is 44.8 Å². The van der Waals surface area contributed by atoms with Crippen molar-refractivity contribution in [1.82, 2.24) is 19.5 Å². The molecule has 208 valence electrons. The number of anilines is 3. The third-order valence-electron chi connectivity index (χ3n) is 7.19. The van der Waals surface area contributed by atoms with Crippen LogP contribution in [0.5, 0.6) is 11.6 Å². The van der Waals surface area contributed by atoms with E-state index in [1.54, 1.807) is 12.4 Å². The third kappa shape index (κ3) is 4.74. The van der Waals surface area contributed by atoms with E-state index in [1.807, 2.05) is 60.9 Å². The Morgan fingerprint density at radius 2 is 1.61 bits per heavy atom. The van der Waals surface area contributed by atoms with Crippen molar-refractivity contribution in [3.63, 3.8) is 0 Å². The molecule has 7 rings (SSSR count). The van der Waals surface area contributed by atoms with Gasteiger partial charge in [-0.15, -0.1) is 17.5 Å². The number of hydrogen-bond donors (Lipinski definition) is 0. The standard InChI is InChI=1S/C33H27N6O.Pt/c1-33(2,3)22-13-16-34-30(18-22)39-29-20-24(11-12-25(29)26-8-7-15-36-32(26)39)40-31-19-23(14-17-35-31)38-21-37(4)27-9-5-6-10-28(27)38;/h5-18,21H,1-4H3;/q-3;. The SMILES string of the molecule is CN1[CH-]N(c2[c-]c(Oc3[c-]c4c(cc3)c3cccnc3n4-c3cc(C(C)(C)C)ccn3)ncc2)c2ccccc21.[Pt]. The Morgan fingerprint density at radius 3 is 2.44 bits per heavy atom. The first-order valence-corrected chi connectivity index (χ1v) is 13.2. The molecule has 1 aliphatic rings. The molecule has 0 bridgehead atoms. The summed E-state index contributed by atoms with van der Waals surface area (Å²) >= 11 is 0. The Labute approximate surface area is 253 Å². The van der Waals surface area contributed by atoms with Gasteiger partial charge in [-0.1, -0.05) is 44.5 Å². The summed E-state index contributed by atoms with van der Waals surface area (Å²) in [7, 11) is 2.03. The van der Waals surface area contributed by atoms with Crippen LogP contribution < -0.4 is 14.5 Å². The van der Waals surface area contributed by atoms with Crippen molar-refractivity contribution in [2.75, 3.05) is 16.8 Å². The van der Waals surface area contributed by atoms with E-state index in [2.05, 4.69) is 78.0 Å². The van der Waals surface area contributed by atoms with E-state index >= 15 is 0 Å². The minimum absolute atomic E-state index is 0. The van der Waals surface area contributed by atoms with E-state index < -0.39 is 0 Å². The summed E-state index contributed by atoms with van der Waals surface area (Å²) in [6.07, 6.45) is 5.39. The van der Waals surface area contributed by atoms with E-state index in [9.17, 15) is 0 Å². The van der Waals surface area contributed by atoms with Gasteiger partial charge in [-0.3, -0.25) is 4.98 Å². The molecule has 2 aromatic carbocycles. The Morgan fingerprint density at radius 1 is 0.805 bits per heavy atom. The molecule has 41 heavy (non-hydrogen) atoms. The molecule has 1 aliphatic heterocycles. The van der Waals surface area contributed by atoms with Gasteiger partial charge in [-0.05, 0) is 59.9 Å². The largest absolute Gasteiger partial charge is 0.504 e. The molecule has 0 spiro atoms. The van der Waals surface area contributed by atoms with Crippen LogP contribution in [0.3, 0.4) is 0 Å². The van der Waals surface area contributed by atoms with Crippen LogP contribution in [0.1, 0.15) is 26.3 Å². The summed E-state index contributed by atoms with van der Waals surface area (Å²) in [5.41, 5.74) is 5.87. The Bertz CT molecular complexity index is 1890. The van der Waals surface area contributed by atoms with Gasteiger partial charge in [0, 0.05) is 50.6 Å². The second-order valence-electron chi connectivity index (χ2n) is 10.9. The van der Waals surface area contributed by atoms with E-state index in [-0.39, 0.29) is 26.5 Å². The molecule has 0 saturated heterocycles.